The lowest BCUT2D eigenvalue weighted by molar-refractivity contribution is -0.134. The van der Waals surface area contributed by atoms with E-state index < -0.39 is 17.8 Å². The van der Waals surface area contributed by atoms with Gasteiger partial charge in [0.05, 0.1) is 7.11 Å². The van der Waals surface area contributed by atoms with Crippen molar-refractivity contribution < 1.29 is 24.2 Å². The highest BCUT2D eigenvalue weighted by Gasteiger charge is 2.37. The molecule has 1 aromatic carbocycles. The van der Waals surface area contributed by atoms with E-state index in [-0.39, 0.29) is 17.1 Å². The fraction of sp³-hybridized carbons (Fsp3) is 0.450. The Hall–Kier alpha value is -2.91. The molecule has 0 aromatic heterocycles. The van der Waals surface area contributed by atoms with Crippen molar-refractivity contribution in [2.24, 2.45) is 0 Å². The predicted octanol–water partition coefficient (Wildman–Crippen LogP) is 0.582. The van der Waals surface area contributed by atoms with Gasteiger partial charge in [0.25, 0.3) is 11.8 Å². The summed E-state index contributed by atoms with van der Waals surface area (Å²) in [5, 5.41) is 10.5. The number of likely N-dealkylation sites (N-methyl/N-ethyl adjacent to an activating group) is 3. The lowest BCUT2D eigenvalue weighted by Gasteiger charge is -2.32. The normalized spacial score (nSPS) is 19.2. The Labute approximate surface area is 169 Å². The van der Waals surface area contributed by atoms with Crippen LogP contribution in [0.4, 0.5) is 4.79 Å². The molecule has 9 heteroatoms. The summed E-state index contributed by atoms with van der Waals surface area (Å²) in [7, 11) is 6.18. The number of amides is 4. The maximum absolute atomic E-state index is 12.4. The van der Waals surface area contributed by atoms with Crippen molar-refractivity contribution in [1.29, 1.82) is 0 Å². The van der Waals surface area contributed by atoms with E-state index in [1.807, 2.05) is 0 Å². The van der Waals surface area contributed by atoms with Crippen LogP contribution >= 0.6 is 0 Å². The summed E-state index contributed by atoms with van der Waals surface area (Å²) in [6, 6.07) is 2.63. The Morgan fingerprint density at radius 1 is 1.00 bits per heavy atom. The number of piperazine rings is 1. The highest BCUT2D eigenvalue weighted by atomic mass is 16.5. The minimum atomic E-state index is -0.670. The molecule has 2 aliphatic heterocycles. The highest BCUT2D eigenvalue weighted by Crippen LogP contribution is 2.33. The number of phenolic OH excluding ortho intramolecular Hbond substituents is 1. The van der Waals surface area contributed by atoms with E-state index in [0.717, 1.165) is 36.0 Å². The second-order valence-electron chi connectivity index (χ2n) is 7.38. The van der Waals surface area contributed by atoms with E-state index in [1.165, 1.54) is 27.3 Å². The van der Waals surface area contributed by atoms with Gasteiger partial charge in [-0.3, -0.25) is 24.3 Å². The van der Waals surface area contributed by atoms with Gasteiger partial charge in [0.15, 0.2) is 11.5 Å². The average molecular weight is 402 g/mol. The van der Waals surface area contributed by atoms with Crippen LogP contribution in [0.2, 0.25) is 0 Å². The van der Waals surface area contributed by atoms with Gasteiger partial charge in [0.1, 0.15) is 5.57 Å². The van der Waals surface area contributed by atoms with E-state index >= 15 is 0 Å². The topological polar surface area (TPSA) is 93.6 Å². The van der Waals surface area contributed by atoms with Crippen molar-refractivity contribution in [3.8, 4) is 11.5 Å². The lowest BCUT2D eigenvalue weighted by Crippen LogP contribution is -2.52. The number of urea groups is 1. The molecule has 0 radical (unpaired) electrons. The van der Waals surface area contributed by atoms with Crippen LogP contribution in [0.25, 0.3) is 6.08 Å². The molecule has 1 aromatic rings. The van der Waals surface area contributed by atoms with Crippen LogP contribution in [-0.4, -0.2) is 97.0 Å². The Morgan fingerprint density at radius 2 is 1.59 bits per heavy atom. The summed E-state index contributed by atoms with van der Waals surface area (Å²) in [5.74, 6) is -1.02. The molecule has 0 unspecified atom stereocenters. The van der Waals surface area contributed by atoms with Crippen molar-refractivity contribution in [2.75, 3.05) is 54.4 Å². The maximum atomic E-state index is 12.4. The first kappa shape index (κ1) is 20.8. The molecule has 156 valence electrons. The Bertz CT molecular complexity index is 848. The third kappa shape index (κ3) is 4.10. The number of aromatic hydroxyl groups is 1. The second-order valence-corrected chi connectivity index (χ2v) is 7.38. The first-order chi connectivity index (χ1) is 13.7. The van der Waals surface area contributed by atoms with Gasteiger partial charge in [0.2, 0.25) is 0 Å². The van der Waals surface area contributed by atoms with Gasteiger partial charge in [-0.15, -0.1) is 0 Å². The van der Waals surface area contributed by atoms with E-state index in [2.05, 4.69) is 16.8 Å². The molecule has 29 heavy (non-hydrogen) atoms. The van der Waals surface area contributed by atoms with Crippen molar-refractivity contribution in [3.05, 3.63) is 28.8 Å². The third-order valence-electron chi connectivity index (χ3n) is 5.34. The van der Waals surface area contributed by atoms with Gasteiger partial charge in [0, 0.05) is 52.4 Å². The van der Waals surface area contributed by atoms with Crippen molar-refractivity contribution in [3.63, 3.8) is 0 Å². The van der Waals surface area contributed by atoms with Gasteiger partial charge in [-0.05, 0) is 30.8 Å². The van der Waals surface area contributed by atoms with Crippen molar-refractivity contribution in [2.45, 2.75) is 6.54 Å². The first-order valence-electron chi connectivity index (χ1n) is 9.35. The predicted molar refractivity (Wildman–Crippen MR) is 106 cm³/mol. The van der Waals surface area contributed by atoms with Gasteiger partial charge < -0.3 is 14.7 Å². The van der Waals surface area contributed by atoms with E-state index in [1.54, 1.807) is 12.1 Å². The standard InChI is InChI=1S/C20H26N4O5/c1-21-5-7-24(8-6-21)12-14-9-13(11-16(29-4)17(14)25)10-15-18(26)22(2)20(28)23(3)19(15)27/h9-11,25H,5-8,12H2,1-4H3. The molecule has 2 heterocycles. The molecule has 1 N–H and O–H groups in total. The van der Waals surface area contributed by atoms with E-state index in [9.17, 15) is 19.5 Å². The molecule has 2 fully saturated rings. The molecule has 2 aliphatic rings. The smallest absolute Gasteiger partial charge is 0.333 e. The van der Waals surface area contributed by atoms with Crippen LogP contribution in [-0.2, 0) is 16.1 Å². The minimum absolute atomic E-state index is 0.0410. The number of rotatable bonds is 4. The fourth-order valence-electron chi connectivity index (χ4n) is 3.44. The number of hydrogen-bond donors (Lipinski definition) is 1. The van der Waals surface area contributed by atoms with E-state index in [0.29, 0.717) is 17.7 Å². The molecule has 0 atom stereocenters. The summed E-state index contributed by atoms with van der Waals surface area (Å²) in [4.78, 5) is 43.1. The first-order valence-corrected chi connectivity index (χ1v) is 9.35. The largest absolute Gasteiger partial charge is 0.504 e. The second kappa shape index (κ2) is 8.22. The summed E-state index contributed by atoms with van der Waals surface area (Å²) in [5.41, 5.74) is 1.07. The fourth-order valence-corrected chi connectivity index (χ4v) is 3.44. The van der Waals surface area contributed by atoms with Crippen LogP contribution in [0.3, 0.4) is 0 Å². The summed E-state index contributed by atoms with van der Waals surface area (Å²) in [6.07, 6.45) is 1.43. The van der Waals surface area contributed by atoms with Crippen LogP contribution in [0, 0.1) is 0 Å². The number of ether oxygens (including phenoxy) is 1. The molecule has 2 saturated heterocycles. The number of carbonyl (C=O) groups is 3. The van der Waals surface area contributed by atoms with Gasteiger partial charge in [-0.2, -0.15) is 0 Å². The molecule has 9 nitrogen and oxygen atoms in total. The minimum Gasteiger partial charge on any atom is -0.504 e. The number of methoxy groups -OCH3 is 1. The lowest BCUT2D eigenvalue weighted by atomic mass is 10.0. The van der Waals surface area contributed by atoms with Crippen LogP contribution in [0.5, 0.6) is 11.5 Å². The zero-order valence-corrected chi connectivity index (χ0v) is 17.1. The van der Waals surface area contributed by atoms with Crippen LogP contribution < -0.4 is 4.74 Å². The van der Waals surface area contributed by atoms with Crippen molar-refractivity contribution >= 4 is 23.9 Å². The Morgan fingerprint density at radius 3 is 2.14 bits per heavy atom. The zero-order chi connectivity index (χ0) is 21.3. The monoisotopic (exact) mass is 402 g/mol. The number of hydrogen-bond acceptors (Lipinski definition) is 7. The van der Waals surface area contributed by atoms with Crippen molar-refractivity contribution in [1.82, 2.24) is 19.6 Å². The quantitative estimate of drug-likeness (QED) is 0.582. The molecule has 3 rings (SSSR count). The maximum Gasteiger partial charge on any atom is 0.333 e. The third-order valence-corrected chi connectivity index (χ3v) is 5.34. The van der Waals surface area contributed by atoms with Crippen LogP contribution in [0.15, 0.2) is 17.7 Å². The Kier molecular flexibility index (Phi) is 5.90. The number of barbiturate groups is 1. The number of nitrogens with zero attached hydrogens (tertiary/aromatic N) is 4. The molecule has 0 bridgehead atoms. The number of benzene rings is 1. The summed E-state index contributed by atoms with van der Waals surface area (Å²) >= 11 is 0. The highest BCUT2D eigenvalue weighted by molar-refractivity contribution is 6.30. The van der Waals surface area contributed by atoms with Gasteiger partial charge in [-0.1, -0.05) is 0 Å². The molecular formula is C20H26N4O5. The molecule has 0 saturated carbocycles. The van der Waals surface area contributed by atoms with Crippen LogP contribution in [0.1, 0.15) is 11.1 Å². The SMILES string of the molecule is COc1cc(C=C2C(=O)N(C)C(=O)N(C)C2=O)cc(CN2CCN(C)CC2)c1O. The molecular weight excluding hydrogens is 376 g/mol. The molecule has 0 aliphatic carbocycles. The van der Waals surface area contributed by atoms with Gasteiger partial charge in [-0.25, -0.2) is 4.79 Å². The number of phenols is 1. The van der Waals surface area contributed by atoms with E-state index in [4.69, 9.17) is 4.74 Å². The molecule has 4 amide bonds. The number of carbonyl (C=O) groups excluding carboxylic acids is 3. The summed E-state index contributed by atoms with van der Waals surface area (Å²) < 4.78 is 5.28. The van der Waals surface area contributed by atoms with Gasteiger partial charge >= 0.3 is 6.03 Å². The zero-order valence-electron chi connectivity index (χ0n) is 17.1. The average Bonchev–Trinajstić information content (AvgIpc) is 2.72. The Balaban J connectivity index is 1.95. The molecule has 0 spiro atoms. The summed E-state index contributed by atoms with van der Waals surface area (Å²) in [6.45, 7) is 4.15. The number of imide groups is 2.